The Morgan fingerprint density at radius 1 is 1.07 bits per heavy atom. The van der Waals surface area contributed by atoms with Gasteiger partial charge in [-0.2, -0.15) is 0 Å². The highest BCUT2D eigenvalue weighted by molar-refractivity contribution is 8.02. The second-order valence-corrected chi connectivity index (χ2v) is 8.90. The highest BCUT2D eigenvalue weighted by atomic mass is 35.5. The molecule has 2 amide bonds. The molecule has 2 aliphatic rings. The number of rotatable bonds is 3. The third-order valence-corrected chi connectivity index (χ3v) is 7.14. The molecule has 0 bridgehead atoms. The molecular weight excluding hydrogens is 399 g/mol. The first-order valence-corrected chi connectivity index (χ1v) is 10.6. The van der Waals surface area contributed by atoms with E-state index in [-0.39, 0.29) is 28.9 Å². The van der Waals surface area contributed by atoms with Gasteiger partial charge in [0.15, 0.2) is 0 Å². The van der Waals surface area contributed by atoms with Crippen molar-refractivity contribution in [3.63, 3.8) is 0 Å². The van der Waals surface area contributed by atoms with E-state index >= 15 is 0 Å². The number of amides is 2. The summed E-state index contributed by atoms with van der Waals surface area (Å²) >= 11 is 7.65. The van der Waals surface area contributed by atoms with Crippen LogP contribution in [-0.2, 0) is 16.0 Å². The molecule has 2 aromatic carbocycles. The van der Waals surface area contributed by atoms with E-state index in [4.69, 9.17) is 11.6 Å². The fraction of sp³-hybridized carbons (Fsp3) is 0.333. The standard InChI is InChI=1S/C21H20ClFN2O2S/c22-16-3-7-18(8-4-16)25-20(27)14-28-21(25)9-11-24(12-10-21)19(26)13-15-1-5-17(23)6-2-15/h1-8H,9-14H2. The fourth-order valence-corrected chi connectivity index (χ4v) is 5.34. The first-order chi connectivity index (χ1) is 13.5. The van der Waals surface area contributed by atoms with Crippen LogP contribution in [-0.4, -0.2) is 40.4 Å². The Hall–Kier alpha value is -2.05. The number of hydrogen-bond acceptors (Lipinski definition) is 3. The summed E-state index contributed by atoms with van der Waals surface area (Å²) in [5, 5.41) is 0.637. The quantitative estimate of drug-likeness (QED) is 0.752. The van der Waals surface area contributed by atoms with Gasteiger partial charge in [0.2, 0.25) is 11.8 Å². The highest BCUT2D eigenvalue weighted by Crippen LogP contribution is 2.46. The van der Waals surface area contributed by atoms with Crippen LogP contribution in [0.5, 0.6) is 0 Å². The summed E-state index contributed by atoms with van der Waals surface area (Å²) in [5.41, 5.74) is 1.66. The van der Waals surface area contributed by atoms with Gasteiger partial charge in [-0.05, 0) is 54.8 Å². The van der Waals surface area contributed by atoms with Gasteiger partial charge in [-0.1, -0.05) is 23.7 Å². The number of likely N-dealkylation sites (tertiary alicyclic amines) is 1. The summed E-state index contributed by atoms with van der Waals surface area (Å²) in [6, 6.07) is 13.4. The zero-order valence-corrected chi connectivity index (χ0v) is 16.8. The largest absolute Gasteiger partial charge is 0.342 e. The molecule has 4 nitrogen and oxygen atoms in total. The summed E-state index contributed by atoms with van der Waals surface area (Å²) in [6.45, 7) is 1.20. The Morgan fingerprint density at radius 2 is 1.71 bits per heavy atom. The number of carbonyl (C=O) groups excluding carboxylic acids is 2. The molecule has 2 saturated heterocycles. The average Bonchev–Trinajstić information content (AvgIpc) is 3.01. The van der Waals surface area contributed by atoms with Crippen molar-refractivity contribution in [1.29, 1.82) is 0 Å². The molecule has 0 atom stereocenters. The van der Waals surface area contributed by atoms with Crippen molar-refractivity contribution in [2.24, 2.45) is 0 Å². The van der Waals surface area contributed by atoms with Crippen molar-refractivity contribution in [2.75, 3.05) is 23.7 Å². The van der Waals surface area contributed by atoms with Gasteiger partial charge in [0.1, 0.15) is 5.82 Å². The summed E-state index contributed by atoms with van der Waals surface area (Å²) in [7, 11) is 0. The summed E-state index contributed by atoms with van der Waals surface area (Å²) in [4.78, 5) is 28.6. The van der Waals surface area contributed by atoms with Crippen LogP contribution < -0.4 is 4.90 Å². The number of nitrogens with zero attached hydrogens (tertiary/aromatic N) is 2. The molecule has 146 valence electrons. The van der Waals surface area contributed by atoms with Crippen molar-refractivity contribution in [1.82, 2.24) is 4.90 Å². The normalized spacial score (nSPS) is 18.7. The van der Waals surface area contributed by atoms with Gasteiger partial charge < -0.3 is 4.90 Å². The molecule has 2 heterocycles. The van der Waals surface area contributed by atoms with E-state index in [1.54, 1.807) is 36.0 Å². The number of piperidine rings is 1. The van der Waals surface area contributed by atoms with E-state index < -0.39 is 0 Å². The minimum absolute atomic E-state index is 0.0359. The van der Waals surface area contributed by atoms with Crippen LogP contribution in [0.2, 0.25) is 5.02 Å². The number of halogens is 2. The maximum atomic E-state index is 13.0. The topological polar surface area (TPSA) is 40.6 Å². The molecule has 2 aliphatic heterocycles. The maximum absolute atomic E-state index is 13.0. The van der Waals surface area contributed by atoms with Crippen molar-refractivity contribution in [3.8, 4) is 0 Å². The number of carbonyl (C=O) groups is 2. The van der Waals surface area contributed by atoms with Crippen molar-refractivity contribution in [3.05, 3.63) is 64.9 Å². The van der Waals surface area contributed by atoms with E-state index in [1.165, 1.54) is 12.1 Å². The number of thioether (sulfide) groups is 1. The van der Waals surface area contributed by atoms with Gasteiger partial charge in [0.25, 0.3) is 0 Å². The molecule has 4 rings (SSSR count). The minimum atomic E-state index is -0.308. The van der Waals surface area contributed by atoms with Gasteiger partial charge in [-0.25, -0.2) is 4.39 Å². The lowest BCUT2D eigenvalue weighted by Gasteiger charge is -2.44. The van der Waals surface area contributed by atoms with Crippen LogP contribution in [0.3, 0.4) is 0 Å². The van der Waals surface area contributed by atoms with Gasteiger partial charge in [-0.15, -0.1) is 11.8 Å². The molecule has 1 spiro atoms. The van der Waals surface area contributed by atoms with E-state index in [9.17, 15) is 14.0 Å². The lowest BCUT2D eigenvalue weighted by atomic mass is 10.00. The molecule has 2 fully saturated rings. The molecule has 28 heavy (non-hydrogen) atoms. The van der Waals surface area contributed by atoms with Crippen molar-refractivity contribution < 1.29 is 14.0 Å². The molecule has 2 aromatic rings. The molecule has 0 saturated carbocycles. The average molecular weight is 419 g/mol. The maximum Gasteiger partial charge on any atom is 0.238 e. The molecule has 0 unspecified atom stereocenters. The molecular formula is C21H20ClFN2O2S. The SMILES string of the molecule is O=C(Cc1ccc(F)cc1)N1CCC2(CC1)SCC(=O)N2c1ccc(Cl)cc1. The smallest absolute Gasteiger partial charge is 0.238 e. The van der Waals surface area contributed by atoms with Gasteiger partial charge in [-0.3, -0.25) is 14.5 Å². The lowest BCUT2D eigenvalue weighted by Crippen LogP contribution is -2.53. The summed E-state index contributed by atoms with van der Waals surface area (Å²) < 4.78 is 13.0. The predicted octanol–water partition coefficient (Wildman–Crippen LogP) is 4.12. The lowest BCUT2D eigenvalue weighted by molar-refractivity contribution is -0.131. The van der Waals surface area contributed by atoms with Gasteiger partial charge in [0.05, 0.1) is 17.0 Å². The monoisotopic (exact) mass is 418 g/mol. The number of anilines is 1. The first-order valence-electron chi connectivity index (χ1n) is 9.22. The van der Waals surface area contributed by atoms with Crippen LogP contribution in [0.1, 0.15) is 18.4 Å². The van der Waals surface area contributed by atoms with E-state index in [1.807, 2.05) is 21.9 Å². The van der Waals surface area contributed by atoms with Crippen LogP contribution >= 0.6 is 23.4 Å². The molecule has 7 heteroatoms. The first kappa shape index (κ1) is 19.3. The van der Waals surface area contributed by atoms with Gasteiger partial charge >= 0.3 is 0 Å². The van der Waals surface area contributed by atoms with Crippen LogP contribution in [0.25, 0.3) is 0 Å². The minimum Gasteiger partial charge on any atom is -0.342 e. The third-order valence-electron chi connectivity index (χ3n) is 5.37. The van der Waals surface area contributed by atoms with Crippen molar-refractivity contribution >= 4 is 40.9 Å². The molecule has 0 aromatic heterocycles. The van der Waals surface area contributed by atoms with Crippen LogP contribution in [0, 0.1) is 5.82 Å². The third kappa shape index (κ3) is 3.76. The Bertz CT molecular complexity index is 880. The Balaban J connectivity index is 1.44. The predicted molar refractivity (Wildman–Crippen MR) is 110 cm³/mol. The second kappa shape index (κ2) is 7.76. The molecule has 0 radical (unpaired) electrons. The van der Waals surface area contributed by atoms with E-state index in [0.717, 1.165) is 24.1 Å². The number of hydrogen-bond donors (Lipinski definition) is 0. The molecule has 0 N–H and O–H groups in total. The summed E-state index contributed by atoms with van der Waals surface area (Å²) in [5.74, 6) is 0.278. The fourth-order valence-electron chi connectivity index (χ4n) is 3.88. The van der Waals surface area contributed by atoms with Gasteiger partial charge in [0, 0.05) is 23.8 Å². The summed E-state index contributed by atoms with van der Waals surface area (Å²) in [6.07, 6.45) is 1.71. The number of benzene rings is 2. The Morgan fingerprint density at radius 3 is 2.36 bits per heavy atom. The van der Waals surface area contributed by atoms with Crippen molar-refractivity contribution in [2.45, 2.75) is 24.1 Å². The van der Waals surface area contributed by atoms with Crippen LogP contribution in [0.15, 0.2) is 48.5 Å². The van der Waals surface area contributed by atoms with E-state index in [0.29, 0.717) is 23.9 Å². The second-order valence-electron chi connectivity index (χ2n) is 7.12. The zero-order chi connectivity index (χ0) is 19.7. The molecule has 0 aliphatic carbocycles. The highest BCUT2D eigenvalue weighted by Gasteiger charge is 2.49. The Labute approximate surface area is 172 Å². The van der Waals surface area contributed by atoms with Crippen LogP contribution in [0.4, 0.5) is 10.1 Å². The zero-order valence-electron chi connectivity index (χ0n) is 15.2. The van der Waals surface area contributed by atoms with E-state index in [2.05, 4.69) is 0 Å². The Kier molecular flexibility index (Phi) is 5.34.